The zero-order valence-electron chi connectivity index (χ0n) is 32.0. The highest BCUT2D eigenvalue weighted by molar-refractivity contribution is 7.80. The predicted molar refractivity (Wildman–Crippen MR) is 184 cm³/mol. The Kier molecular flexibility index (Phi) is 15.5. The normalized spacial score (nSPS) is 50.5. The molecular formula is C32H55N3O22S. The molecular weight excluding hydrogens is 810 g/mol. The molecule has 5 aliphatic rings. The number of carbonyl (C=O) groups is 2. The van der Waals surface area contributed by atoms with E-state index < -0.39 is 163 Å². The third kappa shape index (κ3) is 10.2. The Labute approximate surface area is 332 Å². The zero-order valence-corrected chi connectivity index (χ0v) is 32.9. The van der Waals surface area contributed by atoms with Crippen molar-refractivity contribution in [3.05, 3.63) is 0 Å². The molecule has 13 N–H and O–H groups in total. The van der Waals surface area contributed by atoms with Crippen LogP contribution in [0.3, 0.4) is 0 Å². The van der Waals surface area contributed by atoms with Gasteiger partial charge in [0.1, 0.15) is 36.6 Å². The van der Waals surface area contributed by atoms with Gasteiger partial charge in [-0.25, -0.2) is 8.98 Å². The summed E-state index contributed by atoms with van der Waals surface area (Å²) >= 11 is 0. The number of carboxylic acid groups (broad SMARTS) is 1. The molecule has 5 aliphatic heterocycles. The Morgan fingerprint density at radius 2 is 1.24 bits per heavy atom. The number of carboxylic acids is 1. The van der Waals surface area contributed by atoms with Crippen LogP contribution in [0.25, 0.3) is 0 Å². The molecule has 0 amide bonds. The molecule has 0 aromatic rings. The molecule has 26 heteroatoms. The number of aliphatic hydroxyl groups is 5. The Balaban J connectivity index is 1.26. The number of hydrogen-bond donors (Lipinski definition) is 10. The van der Waals surface area contributed by atoms with Gasteiger partial charge in [-0.1, -0.05) is 6.92 Å². The fourth-order valence-electron chi connectivity index (χ4n) is 7.50. The summed E-state index contributed by atoms with van der Waals surface area (Å²) in [4.78, 5) is 23.9. The number of rotatable bonds is 13. The lowest BCUT2D eigenvalue weighted by molar-refractivity contribution is -0.382. The average Bonchev–Trinajstić information content (AvgIpc) is 3.14. The van der Waals surface area contributed by atoms with Crippen molar-refractivity contribution in [1.29, 1.82) is 0 Å². The van der Waals surface area contributed by atoms with E-state index in [0.29, 0.717) is 0 Å². The second kappa shape index (κ2) is 19.0. The van der Waals surface area contributed by atoms with E-state index in [-0.39, 0.29) is 12.9 Å². The summed E-state index contributed by atoms with van der Waals surface area (Å²) in [5.74, 6) is -2.50. The number of nitrogens with two attached hydrogens (primary N) is 3. The fraction of sp³-hybridized carbons (Fsp3) is 0.938. The molecule has 5 heterocycles. The number of hydrogen-bond acceptors (Lipinski definition) is 23. The first-order valence-electron chi connectivity index (χ1n) is 18.6. The molecule has 25 nitrogen and oxygen atoms in total. The standard InChI is InChI=1S/C32H55N3O22S/c1-8-17(37)23(53-30-16(35)19(39)18(38)11(4)50-30)26(27(42)43)55-28(8)51-14-6-13(33)29(49-9(14)2)54-24-21(41)25(57-58(44,45)46)32(56-31(24)47-7-36)52-22-12(5)48-10(3)15(34)20(22)40/h7-26,28-32,37-41H,6,33-35H2,1-5H3,(H,42,43)(H,44,45,46)/t8-,9?,10+,11-,12?,13-,14-,15+,16-,17?,18+,19?,20?,21?,22+,23-,24-,25-,26+,28+,29+,30+,31?,32+/m0/s1. The molecule has 5 saturated heterocycles. The molecule has 336 valence electrons. The van der Waals surface area contributed by atoms with E-state index >= 15 is 0 Å². The van der Waals surface area contributed by atoms with Crippen molar-refractivity contribution in [3.63, 3.8) is 0 Å². The van der Waals surface area contributed by atoms with E-state index in [0.717, 1.165) is 0 Å². The highest BCUT2D eigenvalue weighted by atomic mass is 32.3. The van der Waals surface area contributed by atoms with Crippen LogP contribution in [0.5, 0.6) is 0 Å². The summed E-state index contributed by atoms with van der Waals surface area (Å²) in [5.41, 5.74) is 18.4. The molecule has 0 aliphatic carbocycles. The van der Waals surface area contributed by atoms with Crippen LogP contribution < -0.4 is 17.2 Å². The van der Waals surface area contributed by atoms with Gasteiger partial charge in [-0.05, 0) is 34.1 Å². The fourth-order valence-corrected chi connectivity index (χ4v) is 7.99. The summed E-state index contributed by atoms with van der Waals surface area (Å²) in [6, 6.07) is -3.39. The maximum Gasteiger partial charge on any atom is 0.397 e. The van der Waals surface area contributed by atoms with Gasteiger partial charge in [0.05, 0.1) is 54.7 Å². The van der Waals surface area contributed by atoms with E-state index in [1.54, 1.807) is 6.92 Å². The summed E-state index contributed by atoms with van der Waals surface area (Å²) < 4.78 is 95.1. The molecule has 5 rings (SSSR count). The highest BCUT2D eigenvalue weighted by Gasteiger charge is 2.56. The monoisotopic (exact) mass is 865 g/mol. The van der Waals surface area contributed by atoms with E-state index in [9.17, 15) is 53.2 Å². The predicted octanol–water partition coefficient (Wildman–Crippen LogP) is -5.51. The quantitative estimate of drug-likeness (QED) is 0.0610. The van der Waals surface area contributed by atoms with E-state index in [1.165, 1.54) is 27.7 Å². The maximum atomic E-state index is 12.3. The van der Waals surface area contributed by atoms with Crippen LogP contribution in [0.4, 0.5) is 0 Å². The van der Waals surface area contributed by atoms with Crippen LogP contribution in [0.2, 0.25) is 0 Å². The van der Waals surface area contributed by atoms with Gasteiger partial charge in [0, 0.05) is 5.92 Å². The largest absolute Gasteiger partial charge is 0.479 e. The average molecular weight is 866 g/mol. The van der Waals surface area contributed by atoms with Crippen LogP contribution in [-0.2, 0) is 71.5 Å². The van der Waals surface area contributed by atoms with Gasteiger partial charge in [-0.3, -0.25) is 9.35 Å². The van der Waals surface area contributed by atoms with Gasteiger partial charge in [0.25, 0.3) is 6.47 Å². The molecule has 0 bridgehead atoms. The lowest BCUT2D eigenvalue weighted by Gasteiger charge is -2.48. The maximum absolute atomic E-state index is 12.3. The van der Waals surface area contributed by atoms with Crippen molar-refractivity contribution < 1.29 is 105 Å². The molecule has 0 spiro atoms. The number of aliphatic hydroxyl groups excluding tert-OH is 5. The molecule has 0 radical (unpaired) electrons. The number of carbonyl (C=O) groups excluding carboxylic acids is 1. The summed E-state index contributed by atoms with van der Waals surface area (Å²) in [6.45, 7) is 7.51. The van der Waals surface area contributed by atoms with Crippen molar-refractivity contribution in [2.24, 2.45) is 23.1 Å². The summed E-state index contributed by atoms with van der Waals surface area (Å²) in [6.07, 6.45) is -29.0. The number of aliphatic carboxylic acids is 1. The molecule has 0 aromatic heterocycles. The van der Waals surface area contributed by atoms with Gasteiger partial charge in [0.2, 0.25) is 6.29 Å². The van der Waals surface area contributed by atoms with Gasteiger partial charge in [-0.15, -0.1) is 0 Å². The van der Waals surface area contributed by atoms with Crippen LogP contribution in [0.1, 0.15) is 41.0 Å². The minimum absolute atomic E-state index is 0.0632. The van der Waals surface area contributed by atoms with Gasteiger partial charge in [-0.2, -0.15) is 8.42 Å². The van der Waals surface area contributed by atoms with Crippen LogP contribution in [0.15, 0.2) is 0 Å². The Morgan fingerprint density at radius 3 is 1.86 bits per heavy atom. The third-order valence-corrected chi connectivity index (χ3v) is 11.5. The SMILES string of the molecule is CC1O[C@H](C)[C@@H](N)C(O)[C@@H]1O[C@@H]1OC(OC=O)[C@@H](O[C@H]2OC(C)[C@@H](O[C@@H]3O[C@@H](C(=O)O)[C@@H](O[C@H]4O[C@@H](C)[C@@H](O)C(O)[C@@H]4N)C(O)[C@@H]3C)C[C@@H]2N)C(O)[C@@H]1OS(=O)(=O)O. The zero-order chi connectivity index (χ0) is 43.1. The second-order valence-corrected chi connectivity index (χ2v) is 16.2. The lowest BCUT2D eigenvalue weighted by atomic mass is 9.91. The summed E-state index contributed by atoms with van der Waals surface area (Å²) in [7, 11) is -5.32. The number of ether oxygens (including phenoxy) is 10. The van der Waals surface area contributed by atoms with Crippen molar-refractivity contribution >= 4 is 22.8 Å². The second-order valence-electron chi connectivity index (χ2n) is 15.2. The van der Waals surface area contributed by atoms with Gasteiger partial charge < -0.3 is 95.2 Å². The molecule has 24 atom stereocenters. The smallest absolute Gasteiger partial charge is 0.397 e. The van der Waals surface area contributed by atoms with Crippen molar-refractivity contribution in [2.75, 3.05) is 0 Å². The van der Waals surface area contributed by atoms with E-state index in [1.807, 2.05) is 0 Å². The van der Waals surface area contributed by atoms with Crippen LogP contribution >= 0.6 is 0 Å². The van der Waals surface area contributed by atoms with Crippen molar-refractivity contribution in [1.82, 2.24) is 0 Å². The topological polar surface area (TPSA) is 389 Å². The third-order valence-electron chi connectivity index (χ3n) is 11.0. The van der Waals surface area contributed by atoms with Crippen molar-refractivity contribution in [2.45, 2.75) is 182 Å². The Morgan fingerprint density at radius 1 is 0.621 bits per heavy atom. The van der Waals surface area contributed by atoms with Gasteiger partial charge >= 0.3 is 16.4 Å². The van der Waals surface area contributed by atoms with Gasteiger partial charge in [0.15, 0.2) is 43.5 Å². The molecule has 7 unspecified atom stereocenters. The minimum atomic E-state index is -5.32. The summed E-state index contributed by atoms with van der Waals surface area (Å²) in [5, 5.41) is 63.8. The van der Waals surface area contributed by atoms with E-state index in [4.69, 9.17) is 68.8 Å². The lowest BCUT2D eigenvalue weighted by Crippen LogP contribution is -2.66. The molecule has 5 fully saturated rings. The first-order valence-corrected chi connectivity index (χ1v) is 19.9. The Bertz CT molecular complexity index is 1500. The first-order chi connectivity index (χ1) is 27.0. The van der Waals surface area contributed by atoms with Crippen molar-refractivity contribution in [3.8, 4) is 0 Å². The minimum Gasteiger partial charge on any atom is -0.479 e. The highest BCUT2D eigenvalue weighted by Crippen LogP contribution is 2.37. The molecule has 0 aromatic carbocycles. The Hall–Kier alpha value is -1.87. The first kappa shape index (κ1) is 47.2. The van der Waals surface area contributed by atoms with E-state index in [2.05, 4.69) is 0 Å². The van der Waals surface area contributed by atoms with Crippen LogP contribution in [0, 0.1) is 5.92 Å². The molecule has 0 saturated carbocycles. The van der Waals surface area contributed by atoms with Crippen LogP contribution in [-0.4, -0.2) is 197 Å². The molecule has 58 heavy (non-hydrogen) atoms.